The van der Waals surface area contributed by atoms with Crippen molar-refractivity contribution < 1.29 is 4.79 Å². The first-order chi connectivity index (χ1) is 9.72. The van der Waals surface area contributed by atoms with E-state index in [1.54, 1.807) is 29.1 Å². The van der Waals surface area contributed by atoms with Crippen LogP contribution in [0.5, 0.6) is 0 Å². The van der Waals surface area contributed by atoms with Crippen molar-refractivity contribution in [2.45, 2.75) is 37.6 Å². The predicted octanol–water partition coefficient (Wildman–Crippen LogP) is 1.69. The summed E-state index contributed by atoms with van der Waals surface area (Å²) in [5.41, 5.74) is 0.490. The molecule has 1 N–H and O–H groups in total. The third kappa shape index (κ3) is 2.23. The topological polar surface area (TPSA) is 83.1 Å². The van der Waals surface area contributed by atoms with Crippen LogP contribution in [0.25, 0.3) is 5.65 Å². The number of hydrogen-bond donors (Lipinski definition) is 1. The summed E-state index contributed by atoms with van der Waals surface area (Å²) in [4.78, 5) is 12.3. The number of pyridine rings is 1. The van der Waals surface area contributed by atoms with Gasteiger partial charge in [-0.05, 0) is 25.0 Å². The van der Waals surface area contributed by atoms with Crippen LogP contribution in [0.4, 0.5) is 0 Å². The average molecular weight is 269 g/mol. The van der Waals surface area contributed by atoms with Gasteiger partial charge in [0.25, 0.3) is 5.91 Å². The van der Waals surface area contributed by atoms with Crippen LogP contribution in [0.2, 0.25) is 0 Å². The molecule has 1 fully saturated rings. The van der Waals surface area contributed by atoms with Crippen molar-refractivity contribution in [3.8, 4) is 6.07 Å². The average Bonchev–Trinajstić information content (AvgIpc) is 2.95. The van der Waals surface area contributed by atoms with Gasteiger partial charge < -0.3 is 5.32 Å². The zero-order chi connectivity index (χ0) is 14.0. The van der Waals surface area contributed by atoms with Crippen molar-refractivity contribution in [3.63, 3.8) is 0 Å². The zero-order valence-corrected chi connectivity index (χ0v) is 11.0. The van der Waals surface area contributed by atoms with E-state index < -0.39 is 5.54 Å². The molecule has 2 aromatic heterocycles. The Morgan fingerprint density at radius 3 is 2.90 bits per heavy atom. The van der Waals surface area contributed by atoms with Gasteiger partial charge in [-0.25, -0.2) is 0 Å². The molecule has 2 heterocycles. The van der Waals surface area contributed by atoms with E-state index in [-0.39, 0.29) is 5.91 Å². The van der Waals surface area contributed by atoms with E-state index >= 15 is 0 Å². The molecule has 0 atom stereocenters. The van der Waals surface area contributed by atoms with Gasteiger partial charge in [-0.2, -0.15) is 5.26 Å². The molecule has 20 heavy (non-hydrogen) atoms. The fraction of sp³-hybridized carbons (Fsp3) is 0.429. The summed E-state index contributed by atoms with van der Waals surface area (Å²) in [5.74, 6) is -0.218. The van der Waals surface area contributed by atoms with Gasteiger partial charge in [0.05, 0.1) is 11.6 Å². The summed E-state index contributed by atoms with van der Waals surface area (Å²) >= 11 is 0. The zero-order valence-electron chi connectivity index (χ0n) is 11.0. The number of rotatable bonds is 2. The van der Waals surface area contributed by atoms with Crippen LogP contribution in [-0.4, -0.2) is 26.0 Å². The highest BCUT2D eigenvalue weighted by Crippen LogP contribution is 2.27. The maximum Gasteiger partial charge on any atom is 0.254 e. The number of amides is 1. The van der Waals surface area contributed by atoms with Gasteiger partial charge >= 0.3 is 0 Å². The van der Waals surface area contributed by atoms with E-state index in [0.717, 1.165) is 32.1 Å². The Balaban J connectivity index is 1.83. The molecule has 0 saturated heterocycles. The van der Waals surface area contributed by atoms with Gasteiger partial charge in [-0.3, -0.25) is 9.20 Å². The molecule has 1 aliphatic carbocycles. The third-order valence-corrected chi connectivity index (χ3v) is 3.83. The molecule has 3 rings (SSSR count). The summed E-state index contributed by atoms with van der Waals surface area (Å²) in [7, 11) is 0. The molecule has 2 aromatic rings. The van der Waals surface area contributed by atoms with Crippen molar-refractivity contribution >= 4 is 11.6 Å². The van der Waals surface area contributed by atoms with E-state index in [1.165, 1.54) is 0 Å². The molecule has 0 bridgehead atoms. The fourth-order valence-electron chi connectivity index (χ4n) is 2.67. The molecule has 6 heteroatoms. The van der Waals surface area contributed by atoms with E-state index in [1.807, 2.05) is 0 Å². The van der Waals surface area contributed by atoms with Crippen molar-refractivity contribution in [3.05, 3.63) is 30.2 Å². The molecular formula is C14H15N5O. The molecule has 0 aliphatic heterocycles. The minimum Gasteiger partial charge on any atom is -0.334 e. The van der Waals surface area contributed by atoms with E-state index in [9.17, 15) is 10.1 Å². The molecule has 102 valence electrons. The summed E-state index contributed by atoms with van der Waals surface area (Å²) in [6.07, 6.45) is 7.78. The van der Waals surface area contributed by atoms with E-state index in [2.05, 4.69) is 21.6 Å². The van der Waals surface area contributed by atoms with Crippen molar-refractivity contribution in [1.29, 1.82) is 5.26 Å². The first kappa shape index (κ1) is 12.6. The van der Waals surface area contributed by atoms with Crippen LogP contribution in [0.15, 0.2) is 24.7 Å². The van der Waals surface area contributed by atoms with Crippen LogP contribution >= 0.6 is 0 Å². The number of hydrogen-bond acceptors (Lipinski definition) is 4. The first-order valence-corrected chi connectivity index (χ1v) is 6.76. The molecule has 1 amide bonds. The quantitative estimate of drug-likeness (QED) is 0.899. The lowest BCUT2D eigenvalue weighted by Crippen LogP contribution is -2.48. The van der Waals surface area contributed by atoms with Gasteiger partial charge in [0.15, 0.2) is 5.65 Å². The second-order valence-corrected chi connectivity index (χ2v) is 5.22. The molecule has 1 saturated carbocycles. The number of nitrogens with one attached hydrogen (secondary N) is 1. The lowest BCUT2D eigenvalue weighted by atomic mass is 9.82. The smallest absolute Gasteiger partial charge is 0.254 e. The Morgan fingerprint density at radius 1 is 1.35 bits per heavy atom. The largest absolute Gasteiger partial charge is 0.334 e. The Kier molecular flexibility index (Phi) is 3.11. The summed E-state index contributed by atoms with van der Waals surface area (Å²) in [6, 6.07) is 5.73. The lowest BCUT2D eigenvalue weighted by molar-refractivity contribution is 0.0902. The number of nitrogens with zero attached hydrogens (tertiary/aromatic N) is 4. The highest BCUT2D eigenvalue weighted by Gasteiger charge is 2.33. The lowest BCUT2D eigenvalue weighted by Gasteiger charge is -2.31. The molecule has 0 radical (unpaired) electrons. The molecule has 1 aliphatic rings. The highest BCUT2D eigenvalue weighted by atomic mass is 16.1. The molecule has 6 nitrogen and oxygen atoms in total. The summed E-state index contributed by atoms with van der Waals surface area (Å²) in [5, 5.41) is 20.0. The second kappa shape index (κ2) is 4.93. The van der Waals surface area contributed by atoms with Gasteiger partial charge in [0, 0.05) is 6.20 Å². The minimum atomic E-state index is -0.711. The van der Waals surface area contributed by atoms with Gasteiger partial charge in [0.1, 0.15) is 11.9 Å². The third-order valence-electron chi connectivity index (χ3n) is 3.83. The number of carbonyl (C=O) groups is 1. The minimum absolute atomic E-state index is 0.218. The monoisotopic (exact) mass is 269 g/mol. The Hall–Kier alpha value is -2.42. The van der Waals surface area contributed by atoms with Crippen LogP contribution < -0.4 is 5.32 Å². The fourth-order valence-corrected chi connectivity index (χ4v) is 2.67. The highest BCUT2D eigenvalue weighted by molar-refractivity contribution is 5.95. The number of nitriles is 1. The number of aromatic nitrogens is 3. The second-order valence-electron chi connectivity index (χ2n) is 5.22. The van der Waals surface area contributed by atoms with Crippen LogP contribution in [0, 0.1) is 11.3 Å². The maximum absolute atomic E-state index is 12.3. The standard InChI is InChI=1S/C14H15N5O/c15-9-14(6-2-1-3-7-14)17-13(20)11-4-5-12-18-16-10-19(12)8-11/h4-5,8,10H,1-3,6-7H2,(H,17,20). The maximum atomic E-state index is 12.3. The molecule has 0 spiro atoms. The Morgan fingerprint density at radius 2 is 2.15 bits per heavy atom. The van der Waals surface area contributed by atoms with Crippen LogP contribution in [-0.2, 0) is 0 Å². The molecular weight excluding hydrogens is 254 g/mol. The SMILES string of the molecule is N#CC1(NC(=O)c2ccc3nncn3c2)CCCCC1. The van der Waals surface area contributed by atoms with Crippen molar-refractivity contribution in [1.82, 2.24) is 19.9 Å². The molecule has 0 aromatic carbocycles. The normalized spacial score (nSPS) is 17.6. The van der Waals surface area contributed by atoms with Gasteiger partial charge in [-0.15, -0.1) is 10.2 Å². The summed E-state index contributed by atoms with van der Waals surface area (Å²) < 4.78 is 1.69. The number of fused-ring (bicyclic) bond motifs is 1. The van der Waals surface area contributed by atoms with E-state index in [0.29, 0.717) is 11.2 Å². The van der Waals surface area contributed by atoms with Gasteiger partial charge in [0.2, 0.25) is 0 Å². The van der Waals surface area contributed by atoms with Crippen LogP contribution in [0.1, 0.15) is 42.5 Å². The molecule has 0 unspecified atom stereocenters. The van der Waals surface area contributed by atoms with Crippen molar-refractivity contribution in [2.24, 2.45) is 0 Å². The first-order valence-electron chi connectivity index (χ1n) is 6.76. The van der Waals surface area contributed by atoms with Gasteiger partial charge in [-0.1, -0.05) is 19.3 Å². The van der Waals surface area contributed by atoms with Crippen molar-refractivity contribution in [2.75, 3.05) is 0 Å². The summed E-state index contributed by atoms with van der Waals surface area (Å²) in [6.45, 7) is 0. The van der Waals surface area contributed by atoms with Crippen LogP contribution in [0.3, 0.4) is 0 Å². The Bertz CT molecular complexity index is 678. The Labute approximate surface area is 116 Å². The van der Waals surface area contributed by atoms with E-state index in [4.69, 9.17) is 0 Å². The number of carbonyl (C=O) groups excluding carboxylic acids is 1. The predicted molar refractivity (Wildman–Crippen MR) is 71.9 cm³/mol.